The molecule has 0 amide bonds. The normalized spacial score (nSPS) is 13.6. The zero-order chi connectivity index (χ0) is 39.8. The second-order valence-corrected chi connectivity index (χ2v) is 16.4. The van der Waals surface area contributed by atoms with Crippen molar-refractivity contribution in [3.8, 4) is 33.4 Å². The Kier molecular flexibility index (Phi) is 8.00. The van der Waals surface area contributed by atoms with Crippen molar-refractivity contribution in [3.05, 3.63) is 206 Å². The predicted octanol–water partition coefficient (Wildman–Crippen LogP) is 15.9. The van der Waals surface area contributed by atoms with Crippen LogP contribution in [0.2, 0.25) is 0 Å². The number of rotatable bonds is 8. The largest absolute Gasteiger partial charge is 0.320 e. The third-order valence-corrected chi connectivity index (χ3v) is 12.9. The van der Waals surface area contributed by atoms with E-state index in [1.807, 2.05) is 0 Å². The molecule has 2 heteroatoms. The van der Waals surface area contributed by atoms with Gasteiger partial charge in [0.05, 0.1) is 5.52 Å². The molecule has 0 bridgehead atoms. The lowest BCUT2D eigenvalue weighted by Gasteiger charge is -2.25. The molecule has 3 aliphatic rings. The first-order chi connectivity index (χ1) is 29.0. The summed E-state index contributed by atoms with van der Waals surface area (Å²) in [5.41, 5.74) is 16.3. The highest BCUT2D eigenvalue weighted by molar-refractivity contribution is 6.33. The molecule has 0 radical (unpaired) electrons. The fourth-order valence-corrected chi connectivity index (χ4v) is 10.2. The van der Waals surface area contributed by atoms with Crippen LogP contribution >= 0.6 is 0 Å². The molecule has 0 saturated heterocycles. The van der Waals surface area contributed by atoms with Gasteiger partial charge in [-0.05, 0) is 120 Å². The molecule has 7 aromatic carbocycles. The summed E-state index contributed by atoms with van der Waals surface area (Å²) < 4.78 is 2.44. The topological polar surface area (TPSA) is 8.17 Å². The molecule has 0 aliphatic heterocycles. The van der Waals surface area contributed by atoms with Gasteiger partial charge in [-0.1, -0.05) is 161 Å². The van der Waals surface area contributed by atoms with E-state index in [1.54, 1.807) is 0 Å². The summed E-state index contributed by atoms with van der Waals surface area (Å²) in [4.78, 5) is 2.32. The summed E-state index contributed by atoms with van der Waals surface area (Å²) >= 11 is 0. The second kappa shape index (κ2) is 13.5. The molecule has 0 unspecified atom stereocenters. The van der Waals surface area contributed by atoms with Crippen LogP contribution < -0.4 is 4.90 Å². The molecule has 2 nitrogen and oxygen atoms in total. The molecule has 11 rings (SSSR count). The highest BCUT2D eigenvalue weighted by Crippen LogP contribution is 2.54. The van der Waals surface area contributed by atoms with Crippen LogP contribution in [0.5, 0.6) is 0 Å². The summed E-state index contributed by atoms with van der Waals surface area (Å²) in [6.07, 6.45) is 12.1. The standard InChI is InChI=1S/C57H44N2/c1-5-39(24-18-34-58(40-22-11-8-12-23-40)41-31-32-45-44-26-15-16-29-49(44)57(3,4)50(45)35-41)59-36-48-54-42(6-2)43-25-13-14-27-46(43)56(54)53(37-19-9-7-10-20-37)47-28-17-21-38-30-33-51(59)55(48)52(38)47/h6-36H,2,5H2,1,3-4H3/b34-18+,39-24+. The minimum Gasteiger partial charge on any atom is -0.320 e. The Morgan fingerprint density at radius 3 is 2.12 bits per heavy atom. The number of allylic oxidation sites excluding steroid dienone is 3. The molecule has 59 heavy (non-hydrogen) atoms. The van der Waals surface area contributed by atoms with E-state index >= 15 is 0 Å². The summed E-state index contributed by atoms with van der Waals surface area (Å²) in [6.45, 7) is 11.4. The number of fused-ring (bicyclic) bond motifs is 7. The van der Waals surface area contributed by atoms with Gasteiger partial charge >= 0.3 is 0 Å². The lowest BCUT2D eigenvalue weighted by atomic mass is 9.82. The average Bonchev–Trinajstić information content (AvgIpc) is 3.87. The molecule has 8 aromatic rings. The van der Waals surface area contributed by atoms with E-state index in [0.717, 1.165) is 17.8 Å². The van der Waals surface area contributed by atoms with Crippen LogP contribution in [0, 0.1) is 0 Å². The number of benzene rings is 7. The number of anilines is 2. The molecule has 1 heterocycles. The Morgan fingerprint density at radius 1 is 0.610 bits per heavy atom. The maximum Gasteiger partial charge on any atom is 0.0538 e. The van der Waals surface area contributed by atoms with Crippen molar-refractivity contribution in [2.45, 2.75) is 32.6 Å². The van der Waals surface area contributed by atoms with Crippen molar-refractivity contribution in [3.63, 3.8) is 0 Å². The SMILES string of the molecule is C=Cc1c2c3cn(/C(=C/C=C/N(c4ccccc4)c4ccc5c(c4)C(C)(C)c4ccccc4-5)CC)c4ccc5cccc(c(-c6ccccc6)c-2c2ccccc12)c5c34. The zero-order valence-electron chi connectivity index (χ0n) is 33.7. The maximum atomic E-state index is 4.41. The smallest absolute Gasteiger partial charge is 0.0538 e. The molecule has 0 N–H and O–H groups in total. The van der Waals surface area contributed by atoms with Gasteiger partial charge in [0.2, 0.25) is 0 Å². The van der Waals surface area contributed by atoms with Crippen molar-refractivity contribution < 1.29 is 0 Å². The maximum absolute atomic E-state index is 4.41. The molecule has 0 fully saturated rings. The summed E-state index contributed by atoms with van der Waals surface area (Å²) in [5, 5.41) is 8.86. The highest BCUT2D eigenvalue weighted by atomic mass is 15.1. The van der Waals surface area contributed by atoms with Gasteiger partial charge in [-0.3, -0.25) is 0 Å². The first-order valence-electron chi connectivity index (χ1n) is 20.8. The van der Waals surface area contributed by atoms with E-state index in [1.165, 1.54) is 99.0 Å². The fourth-order valence-electron chi connectivity index (χ4n) is 10.2. The summed E-state index contributed by atoms with van der Waals surface area (Å²) in [5.74, 6) is 0. The molecule has 0 atom stereocenters. The summed E-state index contributed by atoms with van der Waals surface area (Å²) in [6, 6.07) is 57.8. The van der Waals surface area contributed by atoms with Gasteiger partial charge < -0.3 is 9.47 Å². The van der Waals surface area contributed by atoms with Crippen LogP contribution in [0.4, 0.5) is 11.4 Å². The summed E-state index contributed by atoms with van der Waals surface area (Å²) in [7, 11) is 0. The first-order valence-corrected chi connectivity index (χ1v) is 20.8. The van der Waals surface area contributed by atoms with Gasteiger partial charge in [0.15, 0.2) is 0 Å². The van der Waals surface area contributed by atoms with E-state index < -0.39 is 0 Å². The Labute approximate surface area is 346 Å². The molecule has 3 aliphatic carbocycles. The van der Waals surface area contributed by atoms with Crippen LogP contribution in [0.15, 0.2) is 189 Å². The van der Waals surface area contributed by atoms with Gasteiger partial charge in [-0.15, -0.1) is 0 Å². The number of nitrogens with zero attached hydrogens (tertiary/aromatic N) is 2. The van der Waals surface area contributed by atoms with E-state index in [2.05, 4.69) is 225 Å². The average molecular weight is 757 g/mol. The fraction of sp³-hybridized carbons (Fsp3) is 0.0877. The molecule has 0 spiro atoms. The van der Waals surface area contributed by atoms with Crippen molar-refractivity contribution in [2.24, 2.45) is 0 Å². The van der Waals surface area contributed by atoms with Gasteiger partial charge in [0, 0.05) is 51.2 Å². The van der Waals surface area contributed by atoms with Crippen molar-refractivity contribution in [1.82, 2.24) is 4.57 Å². The minimum absolute atomic E-state index is 0.0817. The third-order valence-electron chi connectivity index (χ3n) is 12.9. The Hall–Kier alpha value is -7.16. The Bertz CT molecular complexity index is 3290. The lowest BCUT2D eigenvalue weighted by Crippen LogP contribution is -2.16. The van der Waals surface area contributed by atoms with E-state index in [9.17, 15) is 0 Å². The van der Waals surface area contributed by atoms with Crippen molar-refractivity contribution >= 4 is 66.4 Å². The van der Waals surface area contributed by atoms with E-state index in [-0.39, 0.29) is 5.41 Å². The number of aromatic nitrogens is 1. The van der Waals surface area contributed by atoms with Gasteiger partial charge in [-0.25, -0.2) is 0 Å². The van der Waals surface area contributed by atoms with E-state index in [0.29, 0.717) is 0 Å². The number of para-hydroxylation sites is 1. The van der Waals surface area contributed by atoms with Crippen molar-refractivity contribution in [2.75, 3.05) is 4.90 Å². The second-order valence-electron chi connectivity index (χ2n) is 16.4. The van der Waals surface area contributed by atoms with Crippen LogP contribution in [0.1, 0.15) is 43.9 Å². The van der Waals surface area contributed by atoms with Crippen LogP contribution in [0.25, 0.3) is 88.4 Å². The van der Waals surface area contributed by atoms with Crippen molar-refractivity contribution in [1.29, 1.82) is 0 Å². The van der Waals surface area contributed by atoms with E-state index in [4.69, 9.17) is 0 Å². The third kappa shape index (κ3) is 5.19. The van der Waals surface area contributed by atoms with Gasteiger partial charge in [0.1, 0.15) is 0 Å². The molecular weight excluding hydrogens is 713 g/mol. The predicted molar refractivity (Wildman–Crippen MR) is 254 cm³/mol. The lowest BCUT2D eigenvalue weighted by molar-refractivity contribution is 0.660. The molecule has 0 saturated carbocycles. The van der Waals surface area contributed by atoms with Crippen LogP contribution in [-0.4, -0.2) is 4.57 Å². The molecular formula is C57H44N2. The Morgan fingerprint density at radius 2 is 1.32 bits per heavy atom. The highest BCUT2D eigenvalue weighted by Gasteiger charge is 2.35. The quantitative estimate of drug-likeness (QED) is 0.140. The van der Waals surface area contributed by atoms with Gasteiger partial charge in [0.25, 0.3) is 0 Å². The van der Waals surface area contributed by atoms with Crippen LogP contribution in [-0.2, 0) is 5.41 Å². The molecule has 282 valence electrons. The first kappa shape index (κ1) is 35.0. The monoisotopic (exact) mass is 756 g/mol. The molecule has 1 aromatic heterocycles. The van der Waals surface area contributed by atoms with Gasteiger partial charge in [-0.2, -0.15) is 0 Å². The van der Waals surface area contributed by atoms with Crippen LogP contribution in [0.3, 0.4) is 0 Å². The minimum atomic E-state index is -0.0817. The Balaban J connectivity index is 1.12. The number of hydrogen-bond donors (Lipinski definition) is 0. The zero-order valence-corrected chi connectivity index (χ0v) is 33.7. The number of hydrogen-bond acceptors (Lipinski definition) is 1.